The van der Waals surface area contributed by atoms with Crippen molar-refractivity contribution in [1.29, 1.82) is 0 Å². The van der Waals surface area contributed by atoms with Crippen LogP contribution in [0.1, 0.15) is 32.6 Å². The van der Waals surface area contributed by atoms with Gasteiger partial charge in [0.2, 0.25) is 0 Å². The van der Waals surface area contributed by atoms with Gasteiger partial charge in [-0.25, -0.2) is 0 Å². The number of rotatable bonds is 3. The predicted molar refractivity (Wildman–Crippen MR) is 44.5 cm³/mol. The van der Waals surface area contributed by atoms with Gasteiger partial charge in [-0.2, -0.15) is 0 Å². The number of ether oxygens (including phenoxy) is 1. The van der Waals surface area contributed by atoms with Gasteiger partial charge in [0.1, 0.15) is 0 Å². The fourth-order valence-corrected chi connectivity index (χ4v) is 1.63. The van der Waals surface area contributed by atoms with Gasteiger partial charge in [0.15, 0.2) is 0 Å². The third-order valence-corrected chi connectivity index (χ3v) is 2.39. The standard InChI is InChI=1S/C9H18O2/c1-2-3-9(10)8-4-6-11-7-5-8/h8-10H,2-7H2,1H3/t9-/m0/s1. The summed E-state index contributed by atoms with van der Waals surface area (Å²) in [7, 11) is 0. The van der Waals surface area contributed by atoms with E-state index in [1.165, 1.54) is 0 Å². The second-order valence-corrected chi connectivity index (χ2v) is 3.31. The summed E-state index contributed by atoms with van der Waals surface area (Å²) in [6, 6.07) is 0. The fourth-order valence-electron chi connectivity index (χ4n) is 1.63. The molecule has 1 aliphatic heterocycles. The quantitative estimate of drug-likeness (QED) is 0.675. The van der Waals surface area contributed by atoms with E-state index in [2.05, 4.69) is 6.92 Å². The Hall–Kier alpha value is -0.0800. The molecule has 1 heterocycles. The molecule has 0 aliphatic carbocycles. The highest BCUT2D eigenvalue weighted by molar-refractivity contribution is 4.71. The maximum absolute atomic E-state index is 9.62. The van der Waals surface area contributed by atoms with Crippen LogP contribution in [0.25, 0.3) is 0 Å². The van der Waals surface area contributed by atoms with Crippen molar-refractivity contribution < 1.29 is 9.84 Å². The lowest BCUT2D eigenvalue weighted by Gasteiger charge is -2.26. The van der Waals surface area contributed by atoms with Gasteiger partial charge < -0.3 is 9.84 Å². The molecular formula is C9H18O2. The summed E-state index contributed by atoms with van der Waals surface area (Å²) in [6.45, 7) is 3.79. The second-order valence-electron chi connectivity index (χ2n) is 3.31. The molecule has 0 unspecified atom stereocenters. The first-order chi connectivity index (χ1) is 5.34. The summed E-state index contributed by atoms with van der Waals surface area (Å²) in [5.41, 5.74) is 0. The monoisotopic (exact) mass is 158 g/mol. The Balaban J connectivity index is 2.21. The Morgan fingerprint density at radius 2 is 2.09 bits per heavy atom. The van der Waals surface area contributed by atoms with E-state index in [0.717, 1.165) is 38.9 Å². The van der Waals surface area contributed by atoms with E-state index in [1.807, 2.05) is 0 Å². The summed E-state index contributed by atoms with van der Waals surface area (Å²) < 4.78 is 5.22. The lowest BCUT2D eigenvalue weighted by atomic mass is 9.91. The molecule has 1 atom stereocenters. The maximum Gasteiger partial charge on any atom is 0.0570 e. The smallest absolute Gasteiger partial charge is 0.0570 e. The van der Waals surface area contributed by atoms with Gasteiger partial charge >= 0.3 is 0 Å². The molecule has 66 valence electrons. The van der Waals surface area contributed by atoms with Crippen molar-refractivity contribution in [2.24, 2.45) is 5.92 Å². The van der Waals surface area contributed by atoms with Crippen molar-refractivity contribution in [1.82, 2.24) is 0 Å². The van der Waals surface area contributed by atoms with Crippen LogP contribution in [-0.4, -0.2) is 24.4 Å². The third-order valence-electron chi connectivity index (χ3n) is 2.39. The van der Waals surface area contributed by atoms with E-state index in [4.69, 9.17) is 4.74 Å². The lowest BCUT2D eigenvalue weighted by Crippen LogP contribution is -2.26. The van der Waals surface area contributed by atoms with Crippen LogP contribution in [0.2, 0.25) is 0 Å². The number of aliphatic hydroxyl groups excluding tert-OH is 1. The van der Waals surface area contributed by atoms with Crippen LogP contribution in [0.15, 0.2) is 0 Å². The van der Waals surface area contributed by atoms with Crippen LogP contribution in [0.3, 0.4) is 0 Å². The minimum Gasteiger partial charge on any atom is -0.393 e. The zero-order chi connectivity index (χ0) is 8.10. The molecule has 1 N–H and O–H groups in total. The van der Waals surface area contributed by atoms with Crippen molar-refractivity contribution in [3.63, 3.8) is 0 Å². The zero-order valence-electron chi connectivity index (χ0n) is 7.25. The van der Waals surface area contributed by atoms with E-state index in [9.17, 15) is 5.11 Å². The Labute approximate surface area is 68.6 Å². The Morgan fingerprint density at radius 3 is 2.64 bits per heavy atom. The van der Waals surface area contributed by atoms with Crippen LogP contribution < -0.4 is 0 Å². The van der Waals surface area contributed by atoms with E-state index in [-0.39, 0.29) is 6.10 Å². The van der Waals surface area contributed by atoms with Crippen molar-refractivity contribution in [2.45, 2.75) is 38.7 Å². The number of aliphatic hydroxyl groups is 1. The molecule has 1 aliphatic rings. The van der Waals surface area contributed by atoms with Crippen molar-refractivity contribution in [2.75, 3.05) is 13.2 Å². The molecule has 1 saturated heterocycles. The minimum absolute atomic E-state index is 0.0797. The molecule has 1 rings (SSSR count). The van der Waals surface area contributed by atoms with E-state index in [1.54, 1.807) is 0 Å². The van der Waals surface area contributed by atoms with E-state index in [0.29, 0.717) is 5.92 Å². The van der Waals surface area contributed by atoms with Gasteiger partial charge in [-0.1, -0.05) is 13.3 Å². The Kier molecular flexibility index (Phi) is 3.87. The molecule has 11 heavy (non-hydrogen) atoms. The lowest BCUT2D eigenvalue weighted by molar-refractivity contribution is 0.00478. The van der Waals surface area contributed by atoms with Gasteiger partial charge in [0, 0.05) is 13.2 Å². The van der Waals surface area contributed by atoms with Gasteiger partial charge in [0.05, 0.1) is 6.10 Å². The molecule has 2 heteroatoms. The molecule has 1 fully saturated rings. The first-order valence-corrected chi connectivity index (χ1v) is 4.60. The molecular weight excluding hydrogens is 140 g/mol. The largest absolute Gasteiger partial charge is 0.393 e. The normalized spacial score (nSPS) is 23.5. The maximum atomic E-state index is 9.62. The number of hydrogen-bond acceptors (Lipinski definition) is 2. The summed E-state index contributed by atoms with van der Waals surface area (Å²) in [5.74, 6) is 0.503. The summed E-state index contributed by atoms with van der Waals surface area (Å²) in [5, 5.41) is 9.62. The molecule has 0 aromatic rings. The van der Waals surface area contributed by atoms with Crippen molar-refractivity contribution in [3.05, 3.63) is 0 Å². The van der Waals surface area contributed by atoms with Crippen LogP contribution in [0, 0.1) is 5.92 Å². The van der Waals surface area contributed by atoms with Crippen LogP contribution in [0.5, 0.6) is 0 Å². The molecule has 0 aromatic carbocycles. The minimum atomic E-state index is -0.0797. The first kappa shape index (κ1) is 9.01. The number of hydrogen-bond donors (Lipinski definition) is 1. The molecule has 0 spiro atoms. The molecule has 0 bridgehead atoms. The summed E-state index contributed by atoms with van der Waals surface area (Å²) >= 11 is 0. The third kappa shape index (κ3) is 2.80. The first-order valence-electron chi connectivity index (χ1n) is 4.60. The van der Waals surface area contributed by atoms with Gasteiger partial charge in [0.25, 0.3) is 0 Å². The average molecular weight is 158 g/mol. The summed E-state index contributed by atoms with van der Waals surface area (Å²) in [4.78, 5) is 0. The summed E-state index contributed by atoms with van der Waals surface area (Å²) in [6.07, 6.45) is 4.04. The highest BCUT2D eigenvalue weighted by atomic mass is 16.5. The SMILES string of the molecule is CCC[C@H](O)C1CCOCC1. The van der Waals surface area contributed by atoms with Crippen molar-refractivity contribution >= 4 is 0 Å². The van der Waals surface area contributed by atoms with Gasteiger partial charge in [-0.15, -0.1) is 0 Å². The highest BCUT2D eigenvalue weighted by Gasteiger charge is 2.20. The van der Waals surface area contributed by atoms with Crippen LogP contribution >= 0.6 is 0 Å². The van der Waals surface area contributed by atoms with Crippen LogP contribution in [0.4, 0.5) is 0 Å². The molecule has 2 nitrogen and oxygen atoms in total. The van der Waals surface area contributed by atoms with Crippen molar-refractivity contribution in [3.8, 4) is 0 Å². The topological polar surface area (TPSA) is 29.5 Å². The zero-order valence-corrected chi connectivity index (χ0v) is 7.25. The molecule has 0 aromatic heterocycles. The van der Waals surface area contributed by atoms with Gasteiger partial charge in [-0.3, -0.25) is 0 Å². The fraction of sp³-hybridized carbons (Fsp3) is 1.00. The van der Waals surface area contributed by atoms with E-state index < -0.39 is 0 Å². The van der Waals surface area contributed by atoms with E-state index >= 15 is 0 Å². The molecule has 0 amide bonds. The Morgan fingerprint density at radius 1 is 1.45 bits per heavy atom. The predicted octanol–water partition coefficient (Wildman–Crippen LogP) is 1.57. The molecule has 0 saturated carbocycles. The Bertz CT molecular complexity index is 97.7. The highest BCUT2D eigenvalue weighted by Crippen LogP contribution is 2.21. The average Bonchev–Trinajstić information content (AvgIpc) is 2.07. The molecule has 0 radical (unpaired) electrons. The van der Waals surface area contributed by atoms with Crippen LogP contribution in [-0.2, 0) is 4.74 Å². The second kappa shape index (κ2) is 4.73. The van der Waals surface area contributed by atoms with Gasteiger partial charge in [-0.05, 0) is 25.2 Å².